The third-order valence-corrected chi connectivity index (χ3v) is 1.99. The standard InChI is InChI=1S/C12H14O6/c13-11(14)5-7-17-9-1-2-10(4-3-9)18-8-6-12(15)16/h1-4H,5-8H2,(H,13,14)(H,15,16). The minimum absolute atomic E-state index is 0.0587. The van der Waals surface area contributed by atoms with E-state index in [0.29, 0.717) is 11.5 Å². The molecule has 0 aliphatic rings. The van der Waals surface area contributed by atoms with Gasteiger partial charge >= 0.3 is 11.9 Å². The smallest absolute Gasteiger partial charge is 0.306 e. The number of aliphatic carboxylic acids is 2. The SMILES string of the molecule is O=C(O)CCOc1ccc(OCCC(=O)O)cc1. The molecule has 6 nitrogen and oxygen atoms in total. The molecule has 0 saturated carbocycles. The second-order valence-corrected chi connectivity index (χ2v) is 3.46. The number of carboxylic acid groups (broad SMARTS) is 2. The first-order chi connectivity index (χ1) is 8.58. The number of rotatable bonds is 8. The molecule has 0 heterocycles. The number of ether oxygens (including phenoxy) is 2. The zero-order valence-corrected chi connectivity index (χ0v) is 9.67. The third-order valence-electron chi connectivity index (χ3n) is 1.99. The van der Waals surface area contributed by atoms with Gasteiger partial charge in [0, 0.05) is 0 Å². The van der Waals surface area contributed by atoms with Crippen LogP contribution < -0.4 is 9.47 Å². The topological polar surface area (TPSA) is 93.1 Å². The van der Waals surface area contributed by atoms with E-state index in [9.17, 15) is 9.59 Å². The summed E-state index contributed by atoms with van der Waals surface area (Å²) >= 11 is 0. The van der Waals surface area contributed by atoms with E-state index in [1.54, 1.807) is 24.3 Å². The second kappa shape index (κ2) is 7.16. The molecule has 0 radical (unpaired) electrons. The molecule has 1 aromatic rings. The Bertz CT molecular complexity index is 359. The normalized spacial score (nSPS) is 9.78. The van der Waals surface area contributed by atoms with Crippen LogP contribution in [0.1, 0.15) is 12.8 Å². The number of hydrogen-bond acceptors (Lipinski definition) is 4. The lowest BCUT2D eigenvalue weighted by Crippen LogP contribution is -2.05. The summed E-state index contributed by atoms with van der Waals surface area (Å²) in [5.74, 6) is -0.740. The summed E-state index contributed by atoms with van der Waals surface area (Å²) < 4.78 is 10.4. The van der Waals surface area contributed by atoms with Crippen LogP contribution >= 0.6 is 0 Å². The van der Waals surface area contributed by atoms with Crippen LogP contribution in [0.25, 0.3) is 0 Å². The van der Waals surface area contributed by atoms with E-state index in [-0.39, 0.29) is 26.1 Å². The van der Waals surface area contributed by atoms with Crippen molar-refractivity contribution in [2.24, 2.45) is 0 Å². The predicted molar refractivity (Wildman–Crippen MR) is 61.9 cm³/mol. The Kier molecular flexibility index (Phi) is 5.50. The molecule has 0 amide bonds. The summed E-state index contributed by atoms with van der Waals surface area (Å²) in [7, 11) is 0. The Morgan fingerprint density at radius 1 is 0.833 bits per heavy atom. The minimum atomic E-state index is -0.913. The molecule has 0 aliphatic heterocycles. The number of carbonyl (C=O) groups is 2. The third kappa shape index (κ3) is 5.74. The van der Waals surface area contributed by atoms with Crippen molar-refractivity contribution in [3.8, 4) is 11.5 Å². The summed E-state index contributed by atoms with van der Waals surface area (Å²) in [5, 5.41) is 16.9. The van der Waals surface area contributed by atoms with E-state index in [1.165, 1.54) is 0 Å². The van der Waals surface area contributed by atoms with Crippen LogP contribution in [-0.4, -0.2) is 35.4 Å². The van der Waals surface area contributed by atoms with Gasteiger partial charge in [-0.05, 0) is 24.3 Å². The summed E-state index contributed by atoms with van der Waals surface area (Å²) in [6.45, 7) is 0.211. The van der Waals surface area contributed by atoms with E-state index in [1.807, 2.05) is 0 Å². The first-order valence-corrected chi connectivity index (χ1v) is 5.37. The van der Waals surface area contributed by atoms with Gasteiger partial charge in [0.2, 0.25) is 0 Å². The summed E-state index contributed by atoms with van der Waals surface area (Å²) in [5.41, 5.74) is 0. The zero-order chi connectivity index (χ0) is 13.4. The van der Waals surface area contributed by atoms with Crippen molar-refractivity contribution in [2.75, 3.05) is 13.2 Å². The highest BCUT2D eigenvalue weighted by atomic mass is 16.5. The van der Waals surface area contributed by atoms with Crippen LogP contribution in [0.2, 0.25) is 0 Å². The molecule has 0 aromatic heterocycles. The maximum atomic E-state index is 10.3. The molecule has 1 aromatic carbocycles. The van der Waals surface area contributed by atoms with Crippen molar-refractivity contribution in [3.63, 3.8) is 0 Å². The van der Waals surface area contributed by atoms with Gasteiger partial charge in [0.15, 0.2) is 0 Å². The fourth-order valence-electron chi connectivity index (χ4n) is 1.14. The molecule has 6 heteroatoms. The van der Waals surface area contributed by atoms with Gasteiger partial charge in [0.05, 0.1) is 26.1 Å². The molecule has 0 aliphatic carbocycles. The predicted octanol–water partition coefficient (Wildman–Crippen LogP) is 1.39. The highest BCUT2D eigenvalue weighted by molar-refractivity contribution is 5.67. The van der Waals surface area contributed by atoms with Crippen molar-refractivity contribution < 1.29 is 29.3 Å². The molecular weight excluding hydrogens is 240 g/mol. The average molecular weight is 254 g/mol. The Hall–Kier alpha value is -2.24. The largest absolute Gasteiger partial charge is 0.493 e. The van der Waals surface area contributed by atoms with E-state index in [4.69, 9.17) is 19.7 Å². The van der Waals surface area contributed by atoms with Crippen LogP contribution in [0.15, 0.2) is 24.3 Å². The van der Waals surface area contributed by atoms with Crippen molar-refractivity contribution in [3.05, 3.63) is 24.3 Å². The molecular formula is C12H14O6. The van der Waals surface area contributed by atoms with E-state index in [2.05, 4.69) is 0 Å². The van der Waals surface area contributed by atoms with Crippen molar-refractivity contribution in [1.82, 2.24) is 0 Å². The van der Waals surface area contributed by atoms with Gasteiger partial charge in [0.25, 0.3) is 0 Å². The van der Waals surface area contributed by atoms with E-state index in [0.717, 1.165) is 0 Å². The van der Waals surface area contributed by atoms with Crippen LogP contribution in [-0.2, 0) is 9.59 Å². The van der Waals surface area contributed by atoms with Crippen LogP contribution in [0.5, 0.6) is 11.5 Å². The Morgan fingerprint density at radius 2 is 1.17 bits per heavy atom. The van der Waals surface area contributed by atoms with Crippen molar-refractivity contribution >= 4 is 11.9 Å². The lowest BCUT2D eigenvalue weighted by atomic mass is 10.3. The lowest BCUT2D eigenvalue weighted by Gasteiger charge is -2.07. The fourth-order valence-corrected chi connectivity index (χ4v) is 1.14. The molecule has 0 bridgehead atoms. The van der Waals surface area contributed by atoms with Gasteiger partial charge in [-0.3, -0.25) is 9.59 Å². The highest BCUT2D eigenvalue weighted by Crippen LogP contribution is 2.17. The molecule has 1 rings (SSSR count). The number of carboxylic acids is 2. The lowest BCUT2D eigenvalue weighted by molar-refractivity contribution is -0.138. The molecule has 18 heavy (non-hydrogen) atoms. The van der Waals surface area contributed by atoms with Crippen molar-refractivity contribution in [1.29, 1.82) is 0 Å². The van der Waals surface area contributed by atoms with Gasteiger partial charge in [-0.25, -0.2) is 0 Å². The zero-order valence-electron chi connectivity index (χ0n) is 9.67. The maximum Gasteiger partial charge on any atom is 0.306 e. The number of hydrogen-bond donors (Lipinski definition) is 2. The van der Waals surface area contributed by atoms with Crippen LogP contribution in [0, 0.1) is 0 Å². The monoisotopic (exact) mass is 254 g/mol. The molecule has 0 unspecified atom stereocenters. The Morgan fingerprint density at radius 3 is 1.44 bits per heavy atom. The van der Waals surface area contributed by atoms with Gasteiger partial charge < -0.3 is 19.7 Å². The van der Waals surface area contributed by atoms with E-state index >= 15 is 0 Å². The quantitative estimate of drug-likeness (QED) is 0.728. The molecule has 98 valence electrons. The summed E-state index contributed by atoms with van der Waals surface area (Å²) in [6.07, 6.45) is -0.117. The highest BCUT2D eigenvalue weighted by Gasteiger charge is 2.01. The Labute approximate surface area is 104 Å². The number of benzene rings is 1. The van der Waals surface area contributed by atoms with Gasteiger partial charge in [0.1, 0.15) is 11.5 Å². The molecule has 0 fully saturated rings. The van der Waals surface area contributed by atoms with Crippen LogP contribution in [0.3, 0.4) is 0 Å². The molecule has 0 spiro atoms. The minimum Gasteiger partial charge on any atom is -0.493 e. The van der Waals surface area contributed by atoms with Crippen LogP contribution in [0.4, 0.5) is 0 Å². The van der Waals surface area contributed by atoms with Crippen molar-refractivity contribution in [2.45, 2.75) is 12.8 Å². The maximum absolute atomic E-state index is 10.3. The van der Waals surface area contributed by atoms with Gasteiger partial charge in [-0.1, -0.05) is 0 Å². The molecule has 0 saturated heterocycles. The molecule has 0 atom stereocenters. The fraction of sp³-hybridized carbons (Fsp3) is 0.333. The summed E-state index contributed by atoms with van der Waals surface area (Å²) in [4.78, 5) is 20.5. The second-order valence-electron chi connectivity index (χ2n) is 3.46. The molecule has 2 N–H and O–H groups in total. The van der Waals surface area contributed by atoms with E-state index < -0.39 is 11.9 Å². The van der Waals surface area contributed by atoms with Gasteiger partial charge in [-0.15, -0.1) is 0 Å². The average Bonchev–Trinajstić information content (AvgIpc) is 2.30. The first kappa shape index (κ1) is 13.8. The first-order valence-electron chi connectivity index (χ1n) is 5.37. The Balaban J connectivity index is 2.33. The van der Waals surface area contributed by atoms with Gasteiger partial charge in [-0.2, -0.15) is 0 Å². The summed E-state index contributed by atoms with van der Waals surface area (Å²) in [6, 6.07) is 6.55.